The molecule has 7 heteroatoms. The van der Waals surface area contributed by atoms with E-state index in [0.717, 1.165) is 0 Å². The monoisotopic (exact) mass is 342 g/mol. The van der Waals surface area contributed by atoms with Crippen LogP contribution in [0.3, 0.4) is 0 Å². The van der Waals surface area contributed by atoms with Crippen LogP contribution in [0.25, 0.3) is 0 Å². The van der Waals surface area contributed by atoms with Crippen molar-refractivity contribution in [3.63, 3.8) is 0 Å². The molecule has 0 saturated heterocycles. The Morgan fingerprint density at radius 2 is 2.00 bits per heavy atom. The summed E-state index contributed by atoms with van der Waals surface area (Å²) < 4.78 is 18.5. The highest BCUT2D eigenvalue weighted by Gasteiger charge is 2.17. The van der Waals surface area contributed by atoms with Crippen molar-refractivity contribution in [2.24, 2.45) is 0 Å². The molecule has 0 fully saturated rings. The van der Waals surface area contributed by atoms with Crippen molar-refractivity contribution < 1.29 is 18.8 Å². The minimum Gasteiger partial charge on any atom is -0.478 e. The van der Waals surface area contributed by atoms with Gasteiger partial charge >= 0.3 is 0 Å². The Hall–Kier alpha value is -3.40. The first-order chi connectivity index (χ1) is 12.0. The molecule has 0 atom stereocenters. The second-order valence-electron chi connectivity index (χ2n) is 4.96. The van der Waals surface area contributed by atoms with Crippen LogP contribution in [0.1, 0.15) is 15.9 Å². The van der Waals surface area contributed by atoms with Crippen LogP contribution in [0.4, 0.5) is 10.1 Å². The summed E-state index contributed by atoms with van der Waals surface area (Å²) in [4.78, 5) is 22.4. The molecule has 0 aliphatic carbocycles. The maximum Gasteiger partial charge on any atom is 0.273 e. The number of carbonyl (C=O) groups is 1. The summed E-state index contributed by atoms with van der Waals surface area (Å²) in [6.45, 7) is 1.54. The highest BCUT2D eigenvalue weighted by molar-refractivity contribution is 5.96. The van der Waals surface area contributed by atoms with Gasteiger partial charge in [0.25, 0.3) is 11.6 Å². The fraction of sp³-hybridized carbons (Fsp3) is 0.167. The molecule has 6 nitrogen and oxygen atoms in total. The van der Waals surface area contributed by atoms with E-state index in [0.29, 0.717) is 5.56 Å². The first kappa shape index (κ1) is 17.9. The van der Waals surface area contributed by atoms with Crippen LogP contribution in [0.5, 0.6) is 5.75 Å². The number of ether oxygens (including phenoxy) is 1. The van der Waals surface area contributed by atoms with Gasteiger partial charge in [-0.15, -0.1) is 0 Å². The van der Waals surface area contributed by atoms with Crippen LogP contribution in [-0.2, 0) is 0 Å². The fourth-order valence-corrected chi connectivity index (χ4v) is 2.08. The molecule has 1 N–H and O–H groups in total. The lowest BCUT2D eigenvalue weighted by molar-refractivity contribution is -0.385. The summed E-state index contributed by atoms with van der Waals surface area (Å²) in [6.07, 6.45) is 0. The van der Waals surface area contributed by atoms with Gasteiger partial charge in [0.05, 0.1) is 11.5 Å². The quantitative estimate of drug-likeness (QED) is 0.515. The number of hydrogen-bond donors (Lipinski definition) is 1. The zero-order chi connectivity index (χ0) is 18.2. The highest BCUT2D eigenvalue weighted by Crippen LogP contribution is 2.20. The van der Waals surface area contributed by atoms with E-state index < -0.39 is 16.6 Å². The number of nitrogens with one attached hydrogen (secondary N) is 1. The van der Waals surface area contributed by atoms with Gasteiger partial charge in [0, 0.05) is 17.2 Å². The van der Waals surface area contributed by atoms with Gasteiger partial charge in [-0.2, -0.15) is 0 Å². The third-order valence-corrected chi connectivity index (χ3v) is 3.35. The second kappa shape index (κ2) is 8.45. The topological polar surface area (TPSA) is 81.5 Å². The lowest BCUT2D eigenvalue weighted by atomic mass is 10.1. The van der Waals surface area contributed by atoms with E-state index in [1.807, 2.05) is 0 Å². The molecule has 0 aliphatic rings. The Bertz CT molecular complexity index is 856. The van der Waals surface area contributed by atoms with Gasteiger partial charge in [-0.05, 0) is 25.1 Å². The minimum absolute atomic E-state index is 0.0212. The van der Waals surface area contributed by atoms with Crippen molar-refractivity contribution in [3.05, 3.63) is 69.5 Å². The molecule has 0 aliphatic heterocycles. The predicted octanol–water partition coefficient (Wildman–Crippen LogP) is 2.85. The first-order valence-corrected chi connectivity index (χ1v) is 7.36. The summed E-state index contributed by atoms with van der Waals surface area (Å²) in [5.41, 5.74) is 0.400. The molecule has 0 saturated carbocycles. The normalized spacial score (nSPS) is 9.68. The Kier molecular flexibility index (Phi) is 6.07. The van der Waals surface area contributed by atoms with Crippen molar-refractivity contribution >= 4 is 11.6 Å². The van der Waals surface area contributed by atoms with Gasteiger partial charge in [0.1, 0.15) is 6.61 Å². The molecule has 1 amide bonds. The van der Waals surface area contributed by atoms with Crippen LogP contribution in [0.15, 0.2) is 42.5 Å². The number of benzene rings is 2. The van der Waals surface area contributed by atoms with Gasteiger partial charge in [-0.3, -0.25) is 14.9 Å². The van der Waals surface area contributed by atoms with Crippen LogP contribution >= 0.6 is 0 Å². The molecule has 2 aromatic carbocycles. The molecule has 0 unspecified atom stereocenters. The molecular weight excluding hydrogens is 327 g/mol. The van der Waals surface area contributed by atoms with Gasteiger partial charge < -0.3 is 10.1 Å². The molecule has 2 rings (SSSR count). The lowest BCUT2D eigenvalue weighted by Crippen LogP contribution is -2.24. The number of hydrogen-bond acceptors (Lipinski definition) is 4. The van der Waals surface area contributed by atoms with Gasteiger partial charge in [0.15, 0.2) is 11.6 Å². The van der Waals surface area contributed by atoms with Gasteiger partial charge in [0.2, 0.25) is 0 Å². The van der Waals surface area contributed by atoms with Crippen LogP contribution in [-0.4, -0.2) is 24.0 Å². The molecular formula is C18H15FN2O4. The van der Waals surface area contributed by atoms with E-state index in [1.165, 1.54) is 37.3 Å². The van der Waals surface area contributed by atoms with E-state index in [-0.39, 0.29) is 30.2 Å². The standard InChI is InChI=1S/C18H15FN2O4/c1-13-14(7-6-9-16(13)21(23)24)18(22)20-11-4-5-12-25-17-10-3-2-8-15(17)19/h2-3,6-10H,11-12H2,1H3,(H,20,22). The predicted molar refractivity (Wildman–Crippen MR) is 89.8 cm³/mol. The average molecular weight is 342 g/mol. The minimum atomic E-state index is -0.536. The third kappa shape index (κ3) is 4.78. The summed E-state index contributed by atoms with van der Waals surface area (Å²) >= 11 is 0. The molecule has 0 aromatic heterocycles. The van der Waals surface area contributed by atoms with Crippen molar-refractivity contribution in [1.29, 1.82) is 0 Å². The molecule has 25 heavy (non-hydrogen) atoms. The van der Waals surface area contributed by atoms with E-state index in [1.54, 1.807) is 12.1 Å². The molecule has 128 valence electrons. The van der Waals surface area contributed by atoms with E-state index in [4.69, 9.17) is 4.74 Å². The Balaban J connectivity index is 1.87. The number of halogens is 1. The number of nitrogens with zero attached hydrogens (tertiary/aromatic N) is 1. The zero-order valence-electron chi connectivity index (χ0n) is 13.4. The number of carbonyl (C=O) groups excluding carboxylic acids is 1. The van der Waals surface area contributed by atoms with Crippen molar-refractivity contribution in [2.45, 2.75) is 6.92 Å². The summed E-state index contributed by atoms with van der Waals surface area (Å²) in [5, 5.41) is 13.4. The second-order valence-corrected chi connectivity index (χ2v) is 4.96. The number of nitro benzene ring substituents is 1. The Labute approximate surface area is 143 Å². The maximum atomic E-state index is 13.3. The largest absolute Gasteiger partial charge is 0.478 e. The SMILES string of the molecule is Cc1c(C(=O)NCC#CCOc2ccccc2F)cccc1[N+](=O)[O-]. The van der Waals surface area contributed by atoms with Crippen molar-refractivity contribution in [2.75, 3.05) is 13.2 Å². The van der Waals surface area contributed by atoms with Gasteiger partial charge in [-0.1, -0.05) is 30.0 Å². The molecule has 0 radical (unpaired) electrons. The summed E-state index contributed by atoms with van der Waals surface area (Å²) in [6, 6.07) is 10.3. The number of amides is 1. The molecule has 0 bridgehead atoms. The molecule has 0 heterocycles. The van der Waals surface area contributed by atoms with Crippen molar-refractivity contribution in [3.8, 4) is 17.6 Å². The van der Waals surface area contributed by atoms with E-state index in [9.17, 15) is 19.3 Å². The van der Waals surface area contributed by atoms with Gasteiger partial charge in [-0.25, -0.2) is 4.39 Å². The third-order valence-electron chi connectivity index (χ3n) is 3.35. The maximum absolute atomic E-state index is 13.3. The lowest BCUT2D eigenvalue weighted by Gasteiger charge is -2.05. The smallest absolute Gasteiger partial charge is 0.273 e. The van der Waals surface area contributed by atoms with E-state index in [2.05, 4.69) is 17.2 Å². The fourth-order valence-electron chi connectivity index (χ4n) is 2.08. The number of para-hydroxylation sites is 1. The Morgan fingerprint density at radius 1 is 1.24 bits per heavy atom. The summed E-state index contributed by atoms with van der Waals surface area (Å²) in [7, 11) is 0. The molecule has 0 spiro atoms. The van der Waals surface area contributed by atoms with Crippen LogP contribution in [0.2, 0.25) is 0 Å². The Morgan fingerprint density at radius 3 is 2.72 bits per heavy atom. The van der Waals surface area contributed by atoms with Crippen LogP contribution < -0.4 is 10.1 Å². The average Bonchev–Trinajstić information content (AvgIpc) is 2.59. The van der Waals surface area contributed by atoms with E-state index >= 15 is 0 Å². The number of rotatable bonds is 5. The molecule has 2 aromatic rings. The highest BCUT2D eigenvalue weighted by atomic mass is 19.1. The number of nitro groups is 1. The van der Waals surface area contributed by atoms with Crippen LogP contribution in [0, 0.1) is 34.7 Å². The van der Waals surface area contributed by atoms with Crippen molar-refractivity contribution in [1.82, 2.24) is 5.32 Å². The zero-order valence-corrected chi connectivity index (χ0v) is 13.4. The summed E-state index contributed by atoms with van der Waals surface area (Å²) in [5.74, 6) is 4.50. The first-order valence-electron chi connectivity index (χ1n) is 7.36.